The van der Waals surface area contributed by atoms with E-state index in [1.165, 1.54) is 116 Å². The summed E-state index contributed by atoms with van der Waals surface area (Å²) >= 11 is 0. The largest absolute Gasteiger partial charge is 0.326 e. The van der Waals surface area contributed by atoms with Crippen LogP contribution in [0.2, 0.25) is 0 Å². The zero-order valence-corrected chi connectivity index (χ0v) is 32.0. The molecule has 0 aromatic heterocycles. The van der Waals surface area contributed by atoms with Crippen LogP contribution in [-0.4, -0.2) is 61.9 Å². The van der Waals surface area contributed by atoms with Gasteiger partial charge in [-0.1, -0.05) is 141 Å². The van der Waals surface area contributed by atoms with Crippen molar-refractivity contribution in [2.24, 2.45) is 0 Å². The topological polar surface area (TPSA) is 64.7 Å². The Labute approximate surface area is 301 Å². The van der Waals surface area contributed by atoms with E-state index in [1.807, 2.05) is 24.3 Å². The molecule has 2 aromatic carbocycles. The SMILES string of the molecule is CCCCCCCCCCCN(C)CCC(=O)Nc1cccc(Cc2cccc(NC(=O)CCN(C)CCCCCCCCCCC)c2)c1. The van der Waals surface area contributed by atoms with E-state index in [-0.39, 0.29) is 11.8 Å². The van der Waals surface area contributed by atoms with Crippen LogP contribution >= 0.6 is 0 Å². The molecule has 0 heterocycles. The van der Waals surface area contributed by atoms with Gasteiger partial charge in [-0.15, -0.1) is 0 Å². The molecular formula is C43H72N4O2. The normalized spacial score (nSPS) is 11.4. The molecule has 276 valence electrons. The summed E-state index contributed by atoms with van der Waals surface area (Å²) in [6, 6.07) is 16.2. The predicted octanol–water partition coefficient (Wildman–Crippen LogP) is 10.9. The molecule has 0 aliphatic rings. The molecule has 0 atom stereocenters. The third kappa shape index (κ3) is 22.6. The lowest BCUT2D eigenvalue weighted by molar-refractivity contribution is -0.117. The molecule has 0 saturated heterocycles. The van der Waals surface area contributed by atoms with E-state index in [4.69, 9.17) is 0 Å². The van der Waals surface area contributed by atoms with Gasteiger partial charge in [-0.25, -0.2) is 0 Å². The maximum atomic E-state index is 12.7. The zero-order valence-electron chi connectivity index (χ0n) is 32.0. The molecule has 49 heavy (non-hydrogen) atoms. The second-order valence-corrected chi connectivity index (χ2v) is 14.4. The monoisotopic (exact) mass is 677 g/mol. The van der Waals surface area contributed by atoms with Crippen molar-refractivity contribution in [3.8, 4) is 0 Å². The number of benzene rings is 2. The van der Waals surface area contributed by atoms with Crippen LogP contribution in [0.4, 0.5) is 11.4 Å². The number of hydrogen-bond acceptors (Lipinski definition) is 4. The summed E-state index contributed by atoms with van der Waals surface area (Å²) < 4.78 is 0. The second-order valence-electron chi connectivity index (χ2n) is 14.4. The molecule has 0 fully saturated rings. The highest BCUT2D eigenvalue weighted by atomic mass is 16.2. The predicted molar refractivity (Wildman–Crippen MR) is 212 cm³/mol. The van der Waals surface area contributed by atoms with Crippen molar-refractivity contribution in [2.75, 3.05) is 50.9 Å². The van der Waals surface area contributed by atoms with E-state index < -0.39 is 0 Å². The van der Waals surface area contributed by atoms with Crippen LogP contribution in [0.5, 0.6) is 0 Å². The second kappa shape index (κ2) is 28.0. The fourth-order valence-corrected chi connectivity index (χ4v) is 6.39. The summed E-state index contributed by atoms with van der Waals surface area (Å²) in [5.41, 5.74) is 3.92. The van der Waals surface area contributed by atoms with Gasteiger partial charge in [0.1, 0.15) is 0 Å². The Morgan fingerprint density at radius 3 is 1.20 bits per heavy atom. The molecule has 0 aliphatic heterocycles. The molecule has 0 saturated carbocycles. The fourth-order valence-electron chi connectivity index (χ4n) is 6.39. The minimum atomic E-state index is 0.0552. The highest BCUT2D eigenvalue weighted by Gasteiger charge is 2.09. The number of carbonyl (C=O) groups excluding carboxylic acids is 2. The van der Waals surface area contributed by atoms with Gasteiger partial charge in [0.2, 0.25) is 11.8 Å². The molecule has 6 nitrogen and oxygen atoms in total. The molecule has 0 radical (unpaired) electrons. The first-order valence-electron chi connectivity index (χ1n) is 20.0. The lowest BCUT2D eigenvalue weighted by Gasteiger charge is -2.16. The van der Waals surface area contributed by atoms with Crippen molar-refractivity contribution >= 4 is 23.2 Å². The summed E-state index contributed by atoms with van der Waals surface area (Å²) in [4.78, 5) is 30.0. The molecule has 6 heteroatoms. The van der Waals surface area contributed by atoms with Gasteiger partial charge in [0.25, 0.3) is 0 Å². The standard InChI is InChI=1S/C43H72N4O2/c1-5-7-9-11-13-15-17-19-21-31-46(3)33-29-42(48)44-40-27-23-25-38(36-40)35-39-26-24-28-41(37-39)45-43(49)30-34-47(4)32-22-20-18-16-14-12-10-8-6-2/h23-28,36-37H,5-22,29-35H2,1-4H3,(H,44,48)(H,45,49). The number of amides is 2. The summed E-state index contributed by atoms with van der Waals surface area (Å²) in [6.45, 7) is 8.18. The number of rotatable bonds is 30. The minimum Gasteiger partial charge on any atom is -0.326 e. The van der Waals surface area contributed by atoms with E-state index >= 15 is 0 Å². The number of nitrogens with zero attached hydrogens (tertiary/aromatic N) is 2. The highest BCUT2D eigenvalue weighted by Crippen LogP contribution is 2.18. The fraction of sp³-hybridized carbons (Fsp3) is 0.674. The van der Waals surface area contributed by atoms with Crippen LogP contribution in [0.25, 0.3) is 0 Å². The third-order valence-corrected chi connectivity index (χ3v) is 9.56. The molecule has 0 bridgehead atoms. The van der Waals surface area contributed by atoms with Gasteiger partial charge in [0.15, 0.2) is 0 Å². The molecule has 2 amide bonds. The highest BCUT2D eigenvalue weighted by molar-refractivity contribution is 5.91. The molecule has 0 unspecified atom stereocenters. The van der Waals surface area contributed by atoms with E-state index in [0.29, 0.717) is 12.8 Å². The maximum absolute atomic E-state index is 12.7. The molecular weight excluding hydrogens is 604 g/mol. The summed E-state index contributed by atoms with van der Waals surface area (Å²) in [6.07, 6.45) is 25.7. The van der Waals surface area contributed by atoms with Gasteiger partial charge < -0.3 is 20.4 Å². The van der Waals surface area contributed by atoms with Crippen molar-refractivity contribution < 1.29 is 9.59 Å². The Hall–Kier alpha value is -2.70. The number of anilines is 2. The summed E-state index contributed by atoms with van der Waals surface area (Å²) in [7, 11) is 4.24. The van der Waals surface area contributed by atoms with E-state index in [1.54, 1.807) is 0 Å². The van der Waals surface area contributed by atoms with Crippen molar-refractivity contribution in [1.82, 2.24) is 9.80 Å². The van der Waals surface area contributed by atoms with Crippen molar-refractivity contribution in [3.63, 3.8) is 0 Å². The zero-order chi connectivity index (χ0) is 35.4. The average Bonchev–Trinajstić information content (AvgIpc) is 3.08. The Balaban J connectivity index is 1.63. The molecule has 2 N–H and O–H groups in total. The maximum Gasteiger partial charge on any atom is 0.225 e. The molecule has 0 aliphatic carbocycles. The van der Waals surface area contributed by atoms with Crippen molar-refractivity contribution in [3.05, 3.63) is 59.7 Å². The number of carbonyl (C=O) groups is 2. The first kappa shape index (κ1) is 42.5. The van der Waals surface area contributed by atoms with Crippen LogP contribution in [0.15, 0.2) is 48.5 Å². The lowest BCUT2D eigenvalue weighted by Crippen LogP contribution is -2.25. The number of nitrogens with one attached hydrogen (secondary N) is 2. The molecule has 0 spiro atoms. The van der Waals surface area contributed by atoms with Crippen LogP contribution in [-0.2, 0) is 16.0 Å². The first-order chi connectivity index (χ1) is 23.9. The van der Waals surface area contributed by atoms with E-state index in [2.05, 4.69) is 72.6 Å². The smallest absolute Gasteiger partial charge is 0.225 e. The lowest BCUT2D eigenvalue weighted by atomic mass is 10.0. The van der Waals surface area contributed by atoms with E-state index in [9.17, 15) is 9.59 Å². The first-order valence-corrected chi connectivity index (χ1v) is 20.0. The van der Waals surface area contributed by atoms with Crippen LogP contribution < -0.4 is 10.6 Å². The Bertz CT molecular complexity index is 1050. The van der Waals surface area contributed by atoms with Crippen LogP contribution in [0.3, 0.4) is 0 Å². The van der Waals surface area contributed by atoms with Gasteiger partial charge >= 0.3 is 0 Å². The average molecular weight is 677 g/mol. The molecule has 2 rings (SSSR count). The van der Waals surface area contributed by atoms with Crippen LogP contribution in [0, 0.1) is 0 Å². The van der Waals surface area contributed by atoms with Gasteiger partial charge in [-0.2, -0.15) is 0 Å². The minimum absolute atomic E-state index is 0.0552. The van der Waals surface area contributed by atoms with Gasteiger partial charge in [-0.05, 0) is 81.8 Å². The quantitative estimate of drug-likeness (QED) is 0.0808. The van der Waals surface area contributed by atoms with Crippen LogP contribution in [0.1, 0.15) is 153 Å². The Morgan fingerprint density at radius 1 is 0.490 bits per heavy atom. The van der Waals surface area contributed by atoms with E-state index in [0.717, 1.165) is 55.1 Å². The summed E-state index contributed by atoms with van der Waals surface area (Å²) in [5, 5.41) is 6.18. The third-order valence-electron chi connectivity index (χ3n) is 9.56. The summed E-state index contributed by atoms with van der Waals surface area (Å²) in [5.74, 6) is 0.110. The Kier molecular flexibility index (Phi) is 24.3. The van der Waals surface area contributed by atoms with Gasteiger partial charge in [0, 0.05) is 37.3 Å². The number of hydrogen-bond donors (Lipinski definition) is 2. The van der Waals surface area contributed by atoms with Crippen molar-refractivity contribution in [1.29, 1.82) is 0 Å². The van der Waals surface area contributed by atoms with Crippen molar-refractivity contribution in [2.45, 2.75) is 149 Å². The Morgan fingerprint density at radius 2 is 0.837 bits per heavy atom. The van der Waals surface area contributed by atoms with Gasteiger partial charge in [0.05, 0.1) is 0 Å². The molecule has 2 aromatic rings. The van der Waals surface area contributed by atoms with Gasteiger partial charge in [-0.3, -0.25) is 9.59 Å². The number of unbranched alkanes of at least 4 members (excludes halogenated alkanes) is 16.